The number of thiazole rings is 1. The van der Waals surface area contributed by atoms with Gasteiger partial charge in [-0.2, -0.15) is 25.4 Å². The van der Waals surface area contributed by atoms with Crippen molar-refractivity contribution in [3.8, 4) is 0 Å². The quantitative estimate of drug-likeness (QED) is 0.302. The number of benzene rings is 1. The maximum absolute atomic E-state index is 5.90. The van der Waals surface area contributed by atoms with Crippen molar-refractivity contribution >= 4 is 55.9 Å². The fourth-order valence-corrected chi connectivity index (χ4v) is 5.92. The van der Waals surface area contributed by atoms with Gasteiger partial charge in [0.1, 0.15) is 12.0 Å². The van der Waals surface area contributed by atoms with Crippen molar-refractivity contribution < 1.29 is 8.94 Å². The highest BCUT2D eigenvalue weighted by Gasteiger charge is 2.66. The van der Waals surface area contributed by atoms with E-state index in [0.29, 0.717) is 22.5 Å². The highest BCUT2D eigenvalue weighted by molar-refractivity contribution is 7.22. The van der Waals surface area contributed by atoms with Crippen molar-refractivity contribution in [2.24, 2.45) is 0 Å². The first kappa shape index (κ1) is 21.6. The highest BCUT2D eigenvalue weighted by atomic mass is 32.1. The molecule has 0 radical (unpaired) electrons. The van der Waals surface area contributed by atoms with E-state index in [4.69, 9.17) is 13.9 Å². The lowest BCUT2D eigenvalue weighted by molar-refractivity contribution is 0.393. The van der Waals surface area contributed by atoms with Crippen LogP contribution >= 0.6 is 22.9 Å². The first-order valence-electron chi connectivity index (χ1n) is 11.2. The second kappa shape index (κ2) is 8.29. The topological polar surface area (TPSA) is 187 Å². The van der Waals surface area contributed by atoms with Gasteiger partial charge in [0.2, 0.25) is 16.8 Å². The van der Waals surface area contributed by atoms with Crippen LogP contribution in [0.1, 0.15) is 11.5 Å². The van der Waals surface area contributed by atoms with Crippen molar-refractivity contribution in [2.75, 3.05) is 20.3 Å². The number of aromatic amines is 2. The van der Waals surface area contributed by atoms with Crippen LogP contribution in [0.4, 0.5) is 22.8 Å². The Morgan fingerprint density at radius 3 is 2.67 bits per heavy atom. The van der Waals surface area contributed by atoms with Crippen LogP contribution in [-0.2, 0) is 5.66 Å². The molecule has 0 bridgehead atoms. The third-order valence-electron chi connectivity index (χ3n) is 5.94. The van der Waals surface area contributed by atoms with E-state index in [9.17, 15) is 0 Å². The number of hydrogen-bond donors (Lipinski definition) is 2. The lowest BCUT2D eigenvalue weighted by atomic mass is 10.0. The maximum Gasteiger partial charge on any atom is 0.321 e. The Labute approximate surface area is 224 Å². The number of fused-ring (bicyclic) bond motifs is 1. The zero-order valence-corrected chi connectivity index (χ0v) is 20.9. The van der Waals surface area contributed by atoms with Crippen LogP contribution in [0, 0.1) is 0 Å². The number of anilines is 4. The molecule has 19 heteroatoms. The molecule has 1 aliphatic rings. The first-order chi connectivity index (χ1) is 19.4. The molecule has 7 heterocycles. The average molecular weight is 560 g/mol. The molecule has 1 atom stereocenters. The number of para-hydroxylation sites is 1. The van der Waals surface area contributed by atoms with Crippen LogP contribution in [0.3, 0.4) is 0 Å². The molecular formula is C20H13N15O2S2. The Morgan fingerprint density at radius 1 is 1.00 bits per heavy atom. The fourth-order valence-electron chi connectivity index (χ4n) is 4.50. The number of nitrogens with one attached hydrogen (secondary N) is 2. The molecule has 1 unspecified atom stereocenters. The lowest BCUT2D eigenvalue weighted by Crippen LogP contribution is -2.56. The predicted octanol–water partition coefficient (Wildman–Crippen LogP) is 2.35. The Balaban J connectivity index is 1.53. The monoisotopic (exact) mass is 559 g/mol. The molecule has 0 aliphatic carbocycles. The number of hydrogen-bond acceptors (Lipinski definition) is 17. The second-order valence-electron chi connectivity index (χ2n) is 7.97. The number of rotatable bonds is 6. The Bertz CT molecular complexity index is 1730. The molecular weight excluding hydrogens is 546 g/mol. The van der Waals surface area contributed by atoms with Gasteiger partial charge in [0.25, 0.3) is 5.66 Å². The minimum atomic E-state index is -1.47. The van der Waals surface area contributed by atoms with Crippen molar-refractivity contribution in [1.29, 1.82) is 0 Å². The van der Waals surface area contributed by atoms with E-state index in [1.54, 1.807) is 39.2 Å². The van der Waals surface area contributed by atoms with Crippen molar-refractivity contribution in [3.05, 3.63) is 78.5 Å². The normalized spacial score (nSPS) is 17.6. The second-order valence-corrected chi connectivity index (χ2v) is 9.59. The van der Waals surface area contributed by atoms with E-state index in [-0.39, 0.29) is 11.8 Å². The number of aromatic nitrogens is 11. The van der Waals surface area contributed by atoms with E-state index < -0.39 is 5.66 Å². The van der Waals surface area contributed by atoms with E-state index in [1.807, 2.05) is 29.3 Å². The van der Waals surface area contributed by atoms with E-state index in [1.165, 1.54) is 41.6 Å². The van der Waals surface area contributed by atoms with Crippen LogP contribution < -0.4 is 20.3 Å². The van der Waals surface area contributed by atoms with E-state index in [2.05, 4.69) is 50.3 Å². The predicted molar refractivity (Wildman–Crippen MR) is 136 cm³/mol. The molecule has 1 fully saturated rings. The SMILES string of the molecule is c1ccc2sc(N3N(c4csnn4)N(c4conn4)N(c4ncco4)C3(c3cn[nH]n3)c3ncc[nH]3)nc2c1. The third-order valence-corrected chi connectivity index (χ3v) is 7.45. The van der Waals surface area contributed by atoms with Crippen LogP contribution in [0.25, 0.3) is 10.2 Å². The van der Waals surface area contributed by atoms with Crippen molar-refractivity contribution in [1.82, 2.24) is 55.3 Å². The summed E-state index contributed by atoms with van der Waals surface area (Å²) in [5, 5.41) is 32.9. The fraction of sp³-hybridized carbons (Fsp3) is 0.0500. The van der Waals surface area contributed by atoms with E-state index >= 15 is 0 Å². The molecule has 0 amide bonds. The van der Waals surface area contributed by atoms with Crippen LogP contribution in [0.2, 0.25) is 0 Å². The van der Waals surface area contributed by atoms with Gasteiger partial charge >= 0.3 is 6.01 Å². The third kappa shape index (κ3) is 3.01. The molecule has 6 aromatic heterocycles. The van der Waals surface area contributed by atoms with Gasteiger partial charge in [0.15, 0.2) is 12.1 Å². The molecule has 8 rings (SSSR count). The molecule has 1 aromatic carbocycles. The number of H-pyrrole nitrogens is 2. The standard InChI is InChI=1S/C20H13N15O2S2/c1-2-4-13-12(3-1)25-19(39-13)33-20(14-9-24-29-26-14,17-21-5-6-22-17)32(18-23-7-8-36-18)34(15-10-37-30-27-15)35(33)16-11-38-31-28-16/h1-11H,(H,21,22)(H,24,26,29). The van der Waals surface area contributed by atoms with Gasteiger partial charge in [0, 0.05) is 17.7 Å². The summed E-state index contributed by atoms with van der Waals surface area (Å²) < 4.78 is 16.1. The van der Waals surface area contributed by atoms with Gasteiger partial charge in [-0.1, -0.05) is 33.1 Å². The molecule has 17 nitrogen and oxygen atoms in total. The van der Waals surface area contributed by atoms with Crippen LogP contribution in [-0.4, -0.2) is 55.3 Å². The summed E-state index contributed by atoms with van der Waals surface area (Å²) in [5.41, 5.74) is -0.258. The van der Waals surface area contributed by atoms with Gasteiger partial charge in [0.05, 0.1) is 28.0 Å². The van der Waals surface area contributed by atoms with Gasteiger partial charge in [-0.05, 0) is 23.7 Å². The Morgan fingerprint density at radius 2 is 1.95 bits per heavy atom. The van der Waals surface area contributed by atoms with Gasteiger partial charge in [-0.25, -0.2) is 15.0 Å². The summed E-state index contributed by atoms with van der Waals surface area (Å²) in [6.07, 6.45) is 9.28. The molecule has 1 aliphatic heterocycles. The molecule has 192 valence electrons. The zero-order chi connectivity index (χ0) is 25.8. The summed E-state index contributed by atoms with van der Waals surface area (Å²) in [6, 6.07) is 7.99. The molecule has 0 spiro atoms. The molecule has 1 saturated heterocycles. The summed E-state index contributed by atoms with van der Waals surface area (Å²) in [4.78, 5) is 17.4. The minimum Gasteiger partial charge on any atom is -0.431 e. The Hall–Kier alpha value is -5.43. The molecule has 0 saturated carbocycles. The summed E-state index contributed by atoms with van der Waals surface area (Å²) in [6.45, 7) is 0. The van der Waals surface area contributed by atoms with Gasteiger partial charge in [-0.15, -0.1) is 15.3 Å². The number of nitrogens with zero attached hydrogens (tertiary/aromatic N) is 13. The average Bonchev–Trinajstić information content (AvgIpc) is 3.83. The summed E-state index contributed by atoms with van der Waals surface area (Å²) in [7, 11) is 0. The summed E-state index contributed by atoms with van der Waals surface area (Å²) >= 11 is 2.63. The summed E-state index contributed by atoms with van der Waals surface area (Å²) in [5.74, 6) is 1.13. The Kier molecular flexibility index (Phi) is 4.60. The number of oxazole rings is 1. The van der Waals surface area contributed by atoms with E-state index in [0.717, 1.165) is 10.2 Å². The minimum absolute atomic E-state index is 0.161. The van der Waals surface area contributed by atoms with Gasteiger partial charge in [-0.3, -0.25) is 0 Å². The smallest absolute Gasteiger partial charge is 0.321 e. The van der Waals surface area contributed by atoms with Crippen molar-refractivity contribution in [2.45, 2.75) is 5.66 Å². The first-order valence-corrected chi connectivity index (χ1v) is 12.9. The zero-order valence-electron chi connectivity index (χ0n) is 19.3. The molecule has 2 N–H and O–H groups in total. The number of hydrazine groups is 3. The van der Waals surface area contributed by atoms with Crippen molar-refractivity contribution in [3.63, 3.8) is 0 Å². The highest BCUT2D eigenvalue weighted by Crippen LogP contribution is 2.52. The van der Waals surface area contributed by atoms with Crippen LogP contribution in [0.5, 0.6) is 0 Å². The molecule has 39 heavy (non-hydrogen) atoms. The number of imidazole rings is 1. The largest absolute Gasteiger partial charge is 0.431 e. The molecule has 7 aromatic rings. The maximum atomic E-state index is 5.90. The van der Waals surface area contributed by atoms with Crippen LogP contribution in [0.15, 0.2) is 75.9 Å². The van der Waals surface area contributed by atoms with Gasteiger partial charge < -0.3 is 13.9 Å². The lowest BCUT2D eigenvalue weighted by Gasteiger charge is -2.36.